The van der Waals surface area contributed by atoms with Crippen molar-refractivity contribution < 1.29 is 4.79 Å². The van der Waals surface area contributed by atoms with Crippen molar-refractivity contribution in [1.29, 1.82) is 0 Å². The van der Waals surface area contributed by atoms with Crippen molar-refractivity contribution in [3.8, 4) is 0 Å². The zero-order valence-electron chi connectivity index (χ0n) is 15.1. The zero-order valence-corrected chi connectivity index (χ0v) is 15.1. The molecule has 0 aliphatic rings. The average molecular weight is 334 g/mol. The third kappa shape index (κ3) is 4.11. The summed E-state index contributed by atoms with van der Waals surface area (Å²) in [6.07, 6.45) is 4.47. The molecule has 0 fully saturated rings. The molecule has 3 nitrogen and oxygen atoms in total. The van der Waals surface area contributed by atoms with Crippen molar-refractivity contribution in [2.75, 3.05) is 6.54 Å². The number of rotatable bonds is 7. The fourth-order valence-corrected chi connectivity index (χ4v) is 3.30. The first-order valence-electron chi connectivity index (χ1n) is 9.06. The number of aromatic nitrogens is 1. The largest absolute Gasteiger partial charge is 0.361 e. The number of nitrogens with one attached hydrogen (secondary N) is 1. The molecule has 0 atom stereocenters. The number of H-pyrrole nitrogens is 1. The van der Waals surface area contributed by atoms with E-state index < -0.39 is 0 Å². The summed E-state index contributed by atoms with van der Waals surface area (Å²) in [7, 11) is 0. The molecule has 1 aromatic heterocycles. The van der Waals surface area contributed by atoms with Gasteiger partial charge >= 0.3 is 0 Å². The van der Waals surface area contributed by atoms with Crippen molar-refractivity contribution in [2.45, 2.75) is 39.7 Å². The summed E-state index contributed by atoms with van der Waals surface area (Å²) in [5, 5.41) is 1.27. The topological polar surface area (TPSA) is 36.1 Å². The molecule has 1 N–H and O–H groups in total. The maximum Gasteiger partial charge on any atom is 0.222 e. The van der Waals surface area contributed by atoms with E-state index >= 15 is 0 Å². The van der Waals surface area contributed by atoms with E-state index in [4.69, 9.17) is 0 Å². The number of para-hydroxylation sites is 1. The van der Waals surface area contributed by atoms with Gasteiger partial charge in [-0.05, 0) is 49.4 Å². The lowest BCUT2D eigenvalue weighted by atomic mass is 10.1. The van der Waals surface area contributed by atoms with Gasteiger partial charge in [0.15, 0.2) is 0 Å². The molecule has 3 rings (SSSR count). The minimum atomic E-state index is 0.241. The molecule has 0 spiro atoms. The number of carbonyl (C=O) groups excluding carboxylic acids is 1. The molecular formula is C22H26N2O. The Bertz CT molecular complexity index is 850. The fraction of sp³-hybridized carbons (Fsp3) is 0.318. The van der Waals surface area contributed by atoms with Crippen LogP contribution in [0.15, 0.2) is 54.7 Å². The van der Waals surface area contributed by atoms with Gasteiger partial charge in [0.2, 0.25) is 5.91 Å². The number of amides is 1. The van der Waals surface area contributed by atoms with Crippen LogP contribution in [0.3, 0.4) is 0 Å². The second kappa shape index (κ2) is 8.02. The third-order valence-electron chi connectivity index (χ3n) is 4.87. The number of aryl methyl sites for hydroxylation is 2. The first-order chi connectivity index (χ1) is 12.2. The Morgan fingerprint density at radius 3 is 2.60 bits per heavy atom. The zero-order chi connectivity index (χ0) is 17.6. The Kier molecular flexibility index (Phi) is 5.54. The van der Waals surface area contributed by atoms with Crippen LogP contribution in [0.1, 0.15) is 36.5 Å². The first-order valence-corrected chi connectivity index (χ1v) is 9.06. The molecule has 2 aromatic carbocycles. The molecule has 1 heterocycles. The van der Waals surface area contributed by atoms with E-state index in [0.717, 1.165) is 19.4 Å². The van der Waals surface area contributed by atoms with Gasteiger partial charge in [-0.1, -0.05) is 42.5 Å². The standard InChI is InChI=1S/C22H26N2O/c1-3-24(16-19-10-5-4-9-17(19)2)22(25)14-8-11-18-15-23-21-13-7-6-12-20(18)21/h4-7,9-10,12-13,15,23H,3,8,11,14,16H2,1-2H3. The Morgan fingerprint density at radius 2 is 1.80 bits per heavy atom. The van der Waals surface area contributed by atoms with Gasteiger partial charge in [0.05, 0.1) is 0 Å². The van der Waals surface area contributed by atoms with Crippen LogP contribution in [0, 0.1) is 6.92 Å². The number of hydrogen-bond donors (Lipinski definition) is 1. The number of carbonyl (C=O) groups is 1. The van der Waals surface area contributed by atoms with E-state index in [1.54, 1.807) is 0 Å². The second-order valence-corrected chi connectivity index (χ2v) is 6.55. The van der Waals surface area contributed by atoms with E-state index in [2.05, 4.69) is 55.4 Å². The van der Waals surface area contributed by atoms with Crippen LogP contribution in [0.5, 0.6) is 0 Å². The quantitative estimate of drug-likeness (QED) is 0.659. The summed E-state index contributed by atoms with van der Waals surface area (Å²) >= 11 is 0. The van der Waals surface area contributed by atoms with Gasteiger partial charge in [0.25, 0.3) is 0 Å². The first kappa shape index (κ1) is 17.3. The highest BCUT2D eigenvalue weighted by Gasteiger charge is 2.13. The third-order valence-corrected chi connectivity index (χ3v) is 4.87. The van der Waals surface area contributed by atoms with Gasteiger partial charge in [-0.15, -0.1) is 0 Å². The lowest BCUT2D eigenvalue weighted by Gasteiger charge is -2.22. The molecule has 0 radical (unpaired) electrons. The minimum absolute atomic E-state index is 0.241. The molecule has 3 heteroatoms. The lowest BCUT2D eigenvalue weighted by molar-refractivity contribution is -0.131. The summed E-state index contributed by atoms with van der Waals surface area (Å²) in [6.45, 7) is 5.61. The maximum atomic E-state index is 12.6. The van der Waals surface area contributed by atoms with Crippen molar-refractivity contribution in [2.24, 2.45) is 0 Å². The van der Waals surface area contributed by atoms with Crippen molar-refractivity contribution in [3.05, 3.63) is 71.4 Å². The Labute approximate surface area is 149 Å². The summed E-state index contributed by atoms with van der Waals surface area (Å²) < 4.78 is 0. The van der Waals surface area contributed by atoms with Crippen molar-refractivity contribution >= 4 is 16.8 Å². The summed E-state index contributed by atoms with van der Waals surface area (Å²) in [5.41, 5.74) is 4.94. The highest BCUT2D eigenvalue weighted by atomic mass is 16.2. The number of aromatic amines is 1. The molecule has 3 aromatic rings. The van der Waals surface area contributed by atoms with Crippen LogP contribution < -0.4 is 0 Å². The molecule has 130 valence electrons. The highest BCUT2D eigenvalue weighted by molar-refractivity contribution is 5.83. The van der Waals surface area contributed by atoms with E-state index in [0.29, 0.717) is 13.0 Å². The van der Waals surface area contributed by atoms with Gasteiger partial charge in [-0.25, -0.2) is 0 Å². The monoisotopic (exact) mass is 334 g/mol. The second-order valence-electron chi connectivity index (χ2n) is 6.55. The molecule has 0 unspecified atom stereocenters. The molecule has 0 bridgehead atoms. The molecule has 0 saturated heterocycles. The highest BCUT2D eigenvalue weighted by Crippen LogP contribution is 2.20. The smallest absolute Gasteiger partial charge is 0.222 e. The molecule has 0 aliphatic heterocycles. The molecule has 25 heavy (non-hydrogen) atoms. The minimum Gasteiger partial charge on any atom is -0.361 e. The Hall–Kier alpha value is -2.55. The van der Waals surface area contributed by atoms with E-state index in [1.807, 2.05) is 23.1 Å². The number of benzene rings is 2. The van der Waals surface area contributed by atoms with Crippen LogP contribution in [-0.2, 0) is 17.8 Å². The molecular weight excluding hydrogens is 308 g/mol. The summed E-state index contributed by atoms with van der Waals surface area (Å²) in [6, 6.07) is 16.6. The normalized spacial score (nSPS) is 11.0. The number of nitrogens with zero attached hydrogens (tertiary/aromatic N) is 1. The Balaban J connectivity index is 1.56. The number of fused-ring (bicyclic) bond motifs is 1. The SMILES string of the molecule is CCN(Cc1ccccc1C)C(=O)CCCc1c[nH]c2ccccc12. The molecule has 0 saturated carbocycles. The molecule has 0 aliphatic carbocycles. The van der Waals surface area contributed by atoms with Gasteiger partial charge in [-0.2, -0.15) is 0 Å². The van der Waals surface area contributed by atoms with Crippen LogP contribution in [0.4, 0.5) is 0 Å². The van der Waals surface area contributed by atoms with Gasteiger partial charge in [-0.3, -0.25) is 4.79 Å². The van der Waals surface area contributed by atoms with Crippen LogP contribution in [0.2, 0.25) is 0 Å². The molecule has 1 amide bonds. The van der Waals surface area contributed by atoms with Crippen molar-refractivity contribution in [1.82, 2.24) is 9.88 Å². The Morgan fingerprint density at radius 1 is 1.04 bits per heavy atom. The van der Waals surface area contributed by atoms with Gasteiger partial charge in [0, 0.05) is 36.6 Å². The maximum absolute atomic E-state index is 12.6. The lowest BCUT2D eigenvalue weighted by Crippen LogP contribution is -2.30. The van der Waals surface area contributed by atoms with E-state index in [-0.39, 0.29) is 5.91 Å². The summed E-state index contributed by atoms with van der Waals surface area (Å²) in [5.74, 6) is 0.241. The van der Waals surface area contributed by atoms with Crippen molar-refractivity contribution in [3.63, 3.8) is 0 Å². The van der Waals surface area contributed by atoms with E-state index in [1.165, 1.54) is 27.6 Å². The van der Waals surface area contributed by atoms with Gasteiger partial charge < -0.3 is 9.88 Å². The number of hydrogen-bond acceptors (Lipinski definition) is 1. The van der Waals surface area contributed by atoms with Crippen LogP contribution in [0.25, 0.3) is 10.9 Å². The fourth-order valence-electron chi connectivity index (χ4n) is 3.30. The predicted octanol–water partition coefficient (Wildman–Crippen LogP) is 4.85. The van der Waals surface area contributed by atoms with Crippen LogP contribution >= 0.6 is 0 Å². The van der Waals surface area contributed by atoms with Crippen LogP contribution in [-0.4, -0.2) is 22.3 Å². The van der Waals surface area contributed by atoms with E-state index in [9.17, 15) is 4.79 Å². The average Bonchev–Trinajstić information content (AvgIpc) is 3.04. The predicted molar refractivity (Wildman–Crippen MR) is 104 cm³/mol. The van der Waals surface area contributed by atoms with Gasteiger partial charge in [0.1, 0.15) is 0 Å². The summed E-state index contributed by atoms with van der Waals surface area (Å²) in [4.78, 5) is 17.9.